The third-order valence-electron chi connectivity index (χ3n) is 2.71. The number of thioether (sulfide) groups is 1. The molecule has 116 valence electrons. The number of hydrogen-bond acceptors (Lipinski definition) is 8. The van der Waals surface area contributed by atoms with E-state index in [4.69, 9.17) is 5.73 Å². The van der Waals surface area contributed by atoms with Gasteiger partial charge in [0.25, 0.3) is 0 Å². The van der Waals surface area contributed by atoms with E-state index in [1.165, 1.54) is 9.75 Å². The van der Waals surface area contributed by atoms with E-state index in [9.17, 15) is 4.55 Å². The first-order valence-corrected chi connectivity index (χ1v) is 9.61. The van der Waals surface area contributed by atoms with Crippen molar-refractivity contribution in [2.24, 2.45) is 0 Å². The molecule has 0 saturated carbocycles. The number of likely N-dealkylation sites (N-methyl/N-ethyl adjacent to an activating group) is 1. The molecule has 21 heavy (non-hydrogen) atoms. The first kappa shape index (κ1) is 16.5. The van der Waals surface area contributed by atoms with Crippen LogP contribution < -0.4 is 16.4 Å². The summed E-state index contributed by atoms with van der Waals surface area (Å²) in [5.74, 6) is 2.61. The minimum Gasteiger partial charge on any atom is -0.546 e. The van der Waals surface area contributed by atoms with Crippen molar-refractivity contribution in [1.29, 1.82) is 0 Å². The maximum Gasteiger partial charge on any atom is 0.232 e. The Kier molecular flexibility index (Phi) is 6.71. The Hall–Kier alpha value is -0.870. The van der Waals surface area contributed by atoms with Gasteiger partial charge in [0, 0.05) is 36.6 Å². The number of nitrogen functional groups attached to an aromatic ring is 1. The molecule has 0 bridgehead atoms. The summed E-state index contributed by atoms with van der Waals surface area (Å²) in [4.78, 5) is 2.82. The Balaban J connectivity index is 1.63. The first-order chi connectivity index (χ1) is 10.2. The fourth-order valence-corrected chi connectivity index (χ4v) is 4.29. The minimum absolute atomic E-state index is 0.228. The number of nitrogens with two attached hydrogens (primary N) is 1. The van der Waals surface area contributed by atoms with Crippen molar-refractivity contribution in [2.75, 3.05) is 36.9 Å². The molecule has 0 aliphatic carbocycles. The number of aromatic nitrogens is 2. The number of hydrogen-bond donors (Lipinski definition) is 3. The molecule has 0 radical (unpaired) electrons. The Labute approximate surface area is 135 Å². The van der Waals surface area contributed by atoms with E-state index in [-0.39, 0.29) is 5.82 Å². The Morgan fingerprint density at radius 2 is 2.14 bits per heavy atom. The molecule has 2 aromatic rings. The number of anilines is 2. The van der Waals surface area contributed by atoms with Crippen molar-refractivity contribution in [3.63, 3.8) is 0 Å². The van der Waals surface area contributed by atoms with Gasteiger partial charge < -0.3 is 20.9 Å². The van der Waals surface area contributed by atoms with Gasteiger partial charge in [0.15, 0.2) is 11.1 Å². The lowest BCUT2D eigenvalue weighted by atomic mass is 10.3. The zero-order valence-electron chi connectivity index (χ0n) is 11.8. The summed E-state index contributed by atoms with van der Waals surface area (Å²) in [7, 11) is 1.97. The van der Waals surface area contributed by atoms with Crippen LogP contribution in [0.1, 0.15) is 9.75 Å². The van der Waals surface area contributed by atoms with Crippen LogP contribution in [0.4, 0.5) is 11.6 Å². The van der Waals surface area contributed by atoms with Crippen molar-refractivity contribution in [3.05, 3.63) is 21.9 Å². The van der Waals surface area contributed by atoms with Crippen molar-refractivity contribution < 1.29 is 4.55 Å². The van der Waals surface area contributed by atoms with Gasteiger partial charge in [-0.05, 0) is 32.1 Å². The van der Waals surface area contributed by atoms with Crippen LogP contribution >= 0.6 is 34.2 Å². The quantitative estimate of drug-likeness (QED) is 0.472. The van der Waals surface area contributed by atoms with E-state index in [1.807, 2.05) is 30.1 Å². The summed E-state index contributed by atoms with van der Waals surface area (Å²) in [6.45, 7) is 1.75. The summed E-state index contributed by atoms with van der Waals surface area (Å²) in [5.41, 5.74) is 5.57. The van der Waals surface area contributed by atoms with Crippen molar-refractivity contribution in [3.8, 4) is 0 Å². The molecule has 0 aromatic carbocycles. The molecule has 1 unspecified atom stereocenters. The number of nitrogens with zero attached hydrogens (tertiary/aromatic N) is 2. The van der Waals surface area contributed by atoms with Crippen LogP contribution in [0.2, 0.25) is 0 Å². The van der Waals surface area contributed by atoms with Crippen molar-refractivity contribution in [2.45, 2.75) is 12.2 Å². The van der Waals surface area contributed by atoms with Crippen LogP contribution in [0.5, 0.6) is 0 Å². The van der Waals surface area contributed by atoms with E-state index < -0.39 is 11.1 Å². The Morgan fingerprint density at radius 3 is 2.86 bits per heavy atom. The highest BCUT2D eigenvalue weighted by atomic mass is 32.2. The monoisotopic (exact) mass is 345 g/mol. The molecule has 0 aliphatic rings. The van der Waals surface area contributed by atoms with Crippen LogP contribution in [0.15, 0.2) is 12.1 Å². The third kappa shape index (κ3) is 5.44. The average molecular weight is 346 g/mol. The lowest BCUT2D eigenvalue weighted by Gasteiger charge is -2.01. The average Bonchev–Trinajstić information content (AvgIpc) is 3.03. The topological polar surface area (TPSA) is 98.9 Å². The largest absolute Gasteiger partial charge is 0.546 e. The van der Waals surface area contributed by atoms with Crippen molar-refractivity contribution >= 4 is 45.9 Å². The van der Waals surface area contributed by atoms with Crippen LogP contribution in [0.3, 0.4) is 0 Å². The minimum atomic E-state index is -1.54. The summed E-state index contributed by atoms with van der Waals surface area (Å²) in [6, 6.07) is 4.40. The predicted molar refractivity (Wildman–Crippen MR) is 91.7 cm³/mol. The molecule has 2 rings (SSSR count). The molecule has 0 aliphatic heterocycles. The molecule has 6 nitrogen and oxygen atoms in total. The SMILES string of the molecule is CNCCc1ccc(CSCCNc2n[s+]([O-])nc2N)s1. The molecule has 0 amide bonds. The van der Waals surface area contributed by atoms with Gasteiger partial charge in [0.2, 0.25) is 11.6 Å². The maximum absolute atomic E-state index is 11.0. The van der Waals surface area contributed by atoms with Crippen molar-refractivity contribution in [1.82, 2.24) is 14.1 Å². The molecule has 2 aromatic heterocycles. The fraction of sp³-hybridized carbons (Fsp3) is 0.500. The summed E-state index contributed by atoms with van der Waals surface area (Å²) >= 11 is 2.18. The first-order valence-electron chi connectivity index (χ1n) is 6.58. The van der Waals surface area contributed by atoms with Gasteiger partial charge in [-0.25, -0.2) is 0 Å². The van der Waals surface area contributed by atoms with Gasteiger partial charge in [-0.15, -0.1) is 11.3 Å². The number of nitrogens with one attached hydrogen (secondary N) is 2. The van der Waals surface area contributed by atoms with Gasteiger partial charge >= 0.3 is 0 Å². The summed E-state index contributed by atoms with van der Waals surface area (Å²) in [5, 5.41) is 6.22. The highest BCUT2D eigenvalue weighted by Gasteiger charge is 2.10. The molecule has 4 N–H and O–H groups in total. The smallest absolute Gasteiger partial charge is 0.232 e. The highest BCUT2D eigenvalue weighted by molar-refractivity contribution is 7.98. The molecule has 0 saturated heterocycles. The lowest BCUT2D eigenvalue weighted by molar-refractivity contribution is 0.585. The van der Waals surface area contributed by atoms with Crippen LogP contribution in [0.25, 0.3) is 0 Å². The maximum atomic E-state index is 11.0. The zero-order chi connectivity index (χ0) is 15.1. The molecule has 1 atom stereocenters. The fourth-order valence-electron chi connectivity index (χ4n) is 1.69. The van der Waals surface area contributed by atoms with Gasteiger partial charge in [-0.3, -0.25) is 0 Å². The van der Waals surface area contributed by atoms with E-state index in [2.05, 4.69) is 31.5 Å². The highest BCUT2D eigenvalue weighted by Crippen LogP contribution is 2.22. The molecular formula is C12H19N5OS3. The second-order valence-electron chi connectivity index (χ2n) is 4.35. The molecule has 0 spiro atoms. The second kappa shape index (κ2) is 8.54. The normalized spacial score (nSPS) is 11.8. The van der Waals surface area contributed by atoms with E-state index in [0.29, 0.717) is 5.82 Å². The van der Waals surface area contributed by atoms with Gasteiger partial charge in [-0.2, -0.15) is 11.8 Å². The Morgan fingerprint density at radius 1 is 1.33 bits per heavy atom. The molecular weight excluding hydrogens is 326 g/mol. The van der Waals surface area contributed by atoms with Gasteiger partial charge in [-0.1, -0.05) is 0 Å². The van der Waals surface area contributed by atoms with E-state index >= 15 is 0 Å². The number of rotatable bonds is 9. The van der Waals surface area contributed by atoms with Gasteiger partial charge in [0.1, 0.15) is 0 Å². The second-order valence-corrected chi connectivity index (χ2v) is 7.53. The molecule has 2 heterocycles. The lowest BCUT2D eigenvalue weighted by Crippen LogP contribution is -2.09. The summed E-state index contributed by atoms with van der Waals surface area (Å²) < 4.78 is 18.5. The third-order valence-corrected chi connectivity index (χ3v) is 5.74. The Bertz CT molecular complexity index is 557. The standard InChI is InChI=1S/C12H19N5OS3/c1-14-5-4-9-2-3-10(20-9)8-19-7-6-15-12-11(13)16-21(18)17-12/h2-3,14H,4-8H2,1H3,(H2,13,16)(H,15,17). The van der Waals surface area contributed by atoms with E-state index in [0.717, 1.165) is 31.0 Å². The zero-order valence-corrected chi connectivity index (χ0v) is 14.2. The van der Waals surface area contributed by atoms with Crippen LogP contribution in [-0.4, -0.2) is 39.2 Å². The van der Waals surface area contributed by atoms with Gasteiger partial charge in [0.05, 0.1) is 0 Å². The van der Waals surface area contributed by atoms with E-state index in [1.54, 1.807) is 0 Å². The summed E-state index contributed by atoms with van der Waals surface area (Å²) in [6.07, 6.45) is 1.09. The predicted octanol–water partition coefficient (Wildman–Crippen LogP) is 1.96. The van der Waals surface area contributed by atoms with Crippen LogP contribution in [0, 0.1) is 0 Å². The van der Waals surface area contributed by atoms with Crippen LogP contribution in [-0.2, 0) is 12.2 Å². The molecule has 9 heteroatoms. The number of thiophene rings is 1. The molecule has 0 fully saturated rings.